The van der Waals surface area contributed by atoms with Gasteiger partial charge in [-0.1, -0.05) is 6.07 Å². The summed E-state index contributed by atoms with van der Waals surface area (Å²) < 4.78 is 11.1. The van der Waals surface area contributed by atoms with Crippen LogP contribution in [0.3, 0.4) is 0 Å². The van der Waals surface area contributed by atoms with Crippen molar-refractivity contribution < 1.29 is 9.47 Å². The molecule has 1 atom stereocenters. The van der Waals surface area contributed by atoms with Crippen molar-refractivity contribution in [2.24, 2.45) is 0 Å². The third kappa shape index (κ3) is 2.37. The number of rotatable bonds is 3. The van der Waals surface area contributed by atoms with E-state index in [1.165, 1.54) is 0 Å². The van der Waals surface area contributed by atoms with E-state index >= 15 is 0 Å². The fourth-order valence-corrected chi connectivity index (χ4v) is 2.24. The Kier molecular flexibility index (Phi) is 3.29. The maximum absolute atomic E-state index is 5.61. The summed E-state index contributed by atoms with van der Waals surface area (Å²) in [5.74, 6) is 1.60. The molecular formula is C14H15N3O2. The molecule has 5 heteroatoms. The van der Waals surface area contributed by atoms with Crippen molar-refractivity contribution in [3.63, 3.8) is 0 Å². The van der Waals surface area contributed by atoms with Gasteiger partial charge in [0, 0.05) is 6.20 Å². The maximum atomic E-state index is 5.61. The maximum Gasteiger partial charge on any atom is 0.161 e. The van der Waals surface area contributed by atoms with Crippen molar-refractivity contribution in [2.75, 3.05) is 20.3 Å². The molecule has 0 amide bonds. The monoisotopic (exact) mass is 257 g/mol. The van der Waals surface area contributed by atoms with Crippen LogP contribution in [0, 0.1) is 0 Å². The molecule has 0 bridgehead atoms. The molecule has 1 N–H and O–H groups in total. The van der Waals surface area contributed by atoms with E-state index in [0.29, 0.717) is 13.2 Å². The lowest BCUT2D eigenvalue weighted by atomic mass is 10.0. The Bertz CT molecular complexity index is 560. The van der Waals surface area contributed by atoms with Gasteiger partial charge >= 0.3 is 0 Å². The van der Waals surface area contributed by atoms with Crippen molar-refractivity contribution in [2.45, 2.75) is 6.04 Å². The van der Waals surface area contributed by atoms with Crippen LogP contribution in [0.2, 0.25) is 0 Å². The second-order valence-corrected chi connectivity index (χ2v) is 4.30. The van der Waals surface area contributed by atoms with Gasteiger partial charge in [-0.3, -0.25) is 0 Å². The Labute approximate surface area is 111 Å². The minimum atomic E-state index is 0.0614. The Morgan fingerprint density at radius 2 is 1.89 bits per heavy atom. The molecule has 3 rings (SSSR count). The van der Waals surface area contributed by atoms with Gasteiger partial charge in [-0.15, -0.1) is 0 Å². The smallest absolute Gasteiger partial charge is 0.161 e. The number of ether oxygens (including phenoxy) is 2. The van der Waals surface area contributed by atoms with Crippen molar-refractivity contribution in [3.05, 3.63) is 47.8 Å². The van der Waals surface area contributed by atoms with E-state index in [1.807, 2.05) is 31.3 Å². The lowest BCUT2D eigenvalue weighted by molar-refractivity contribution is 0.171. The summed E-state index contributed by atoms with van der Waals surface area (Å²) in [5, 5.41) is 11.0. The number of nitrogens with one attached hydrogen (secondary N) is 1. The Balaban J connectivity index is 1.96. The summed E-state index contributed by atoms with van der Waals surface area (Å²) in [6.07, 6.45) is 3.45. The fraction of sp³-hybridized carbons (Fsp3) is 0.286. The van der Waals surface area contributed by atoms with Crippen LogP contribution < -0.4 is 14.8 Å². The van der Waals surface area contributed by atoms with E-state index in [-0.39, 0.29) is 6.04 Å². The van der Waals surface area contributed by atoms with Crippen LogP contribution in [-0.2, 0) is 0 Å². The van der Waals surface area contributed by atoms with Crippen LogP contribution in [0.15, 0.2) is 36.7 Å². The third-order valence-electron chi connectivity index (χ3n) is 3.13. The Morgan fingerprint density at radius 3 is 2.63 bits per heavy atom. The number of nitrogens with zero attached hydrogens (tertiary/aromatic N) is 2. The number of aromatic nitrogens is 2. The largest absolute Gasteiger partial charge is 0.486 e. The molecule has 0 spiro atoms. The van der Waals surface area contributed by atoms with E-state index < -0.39 is 0 Å². The first kappa shape index (κ1) is 11.9. The molecule has 0 radical (unpaired) electrons. The van der Waals surface area contributed by atoms with Gasteiger partial charge in [-0.05, 0) is 36.4 Å². The van der Waals surface area contributed by atoms with Crippen LogP contribution in [0.5, 0.6) is 11.5 Å². The number of hydrogen-bond donors (Lipinski definition) is 1. The Morgan fingerprint density at radius 1 is 1.05 bits per heavy atom. The topological polar surface area (TPSA) is 56.3 Å². The molecule has 0 saturated carbocycles. The van der Waals surface area contributed by atoms with Crippen LogP contribution in [0.25, 0.3) is 0 Å². The Hall–Kier alpha value is -2.14. The molecule has 2 aromatic rings. The average Bonchev–Trinajstić information content (AvgIpc) is 2.49. The minimum absolute atomic E-state index is 0.0614. The quantitative estimate of drug-likeness (QED) is 0.904. The zero-order valence-corrected chi connectivity index (χ0v) is 10.7. The summed E-state index contributed by atoms with van der Waals surface area (Å²) in [7, 11) is 1.92. The molecule has 0 fully saturated rings. The first-order valence-electron chi connectivity index (χ1n) is 6.22. The first-order valence-corrected chi connectivity index (χ1v) is 6.22. The lowest BCUT2D eigenvalue weighted by Gasteiger charge is -2.22. The minimum Gasteiger partial charge on any atom is -0.486 e. The van der Waals surface area contributed by atoms with Crippen molar-refractivity contribution in [1.82, 2.24) is 15.5 Å². The number of fused-ring (bicyclic) bond motifs is 1. The molecule has 1 aromatic heterocycles. The van der Waals surface area contributed by atoms with Gasteiger partial charge in [0.05, 0.1) is 12.2 Å². The number of hydrogen-bond acceptors (Lipinski definition) is 5. The molecule has 1 aliphatic heterocycles. The zero-order valence-electron chi connectivity index (χ0n) is 10.7. The SMILES string of the molecule is CNC(c1ccnnc1)c1ccc2c(c1)OCCO2. The van der Waals surface area contributed by atoms with Crippen LogP contribution >= 0.6 is 0 Å². The van der Waals surface area contributed by atoms with Gasteiger partial charge in [0.2, 0.25) is 0 Å². The van der Waals surface area contributed by atoms with Gasteiger partial charge in [0.25, 0.3) is 0 Å². The fourth-order valence-electron chi connectivity index (χ4n) is 2.24. The van der Waals surface area contributed by atoms with E-state index in [9.17, 15) is 0 Å². The van der Waals surface area contributed by atoms with Crippen LogP contribution in [0.1, 0.15) is 17.2 Å². The van der Waals surface area contributed by atoms with Gasteiger partial charge in [0.15, 0.2) is 11.5 Å². The number of benzene rings is 1. The molecule has 1 aliphatic rings. The van der Waals surface area contributed by atoms with E-state index in [4.69, 9.17) is 9.47 Å². The highest BCUT2D eigenvalue weighted by molar-refractivity contribution is 5.46. The molecule has 19 heavy (non-hydrogen) atoms. The summed E-state index contributed by atoms with van der Waals surface area (Å²) in [5.41, 5.74) is 2.17. The van der Waals surface area contributed by atoms with Gasteiger partial charge < -0.3 is 14.8 Å². The van der Waals surface area contributed by atoms with Gasteiger partial charge in [-0.2, -0.15) is 10.2 Å². The molecule has 1 aromatic carbocycles. The van der Waals surface area contributed by atoms with Crippen LogP contribution in [-0.4, -0.2) is 30.5 Å². The van der Waals surface area contributed by atoms with Crippen LogP contribution in [0.4, 0.5) is 0 Å². The normalized spacial score (nSPS) is 15.0. The third-order valence-corrected chi connectivity index (χ3v) is 3.13. The van der Waals surface area contributed by atoms with E-state index in [0.717, 1.165) is 22.6 Å². The average molecular weight is 257 g/mol. The molecule has 0 saturated heterocycles. The standard InChI is InChI=1S/C14H15N3O2/c1-15-14(11-4-5-16-17-9-11)10-2-3-12-13(8-10)19-7-6-18-12/h2-5,8-9,14-15H,6-7H2,1H3. The van der Waals surface area contributed by atoms with Crippen molar-refractivity contribution >= 4 is 0 Å². The molecular weight excluding hydrogens is 242 g/mol. The predicted octanol–water partition coefficient (Wildman–Crippen LogP) is 1.56. The van der Waals surface area contributed by atoms with Crippen molar-refractivity contribution in [3.8, 4) is 11.5 Å². The molecule has 98 valence electrons. The molecule has 0 aliphatic carbocycles. The van der Waals surface area contributed by atoms with E-state index in [2.05, 4.69) is 15.5 Å². The van der Waals surface area contributed by atoms with Gasteiger partial charge in [-0.25, -0.2) is 0 Å². The highest BCUT2D eigenvalue weighted by Crippen LogP contribution is 2.33. The molecule has 1 unspecified atom stereocenters. The van der Waals surface area contributed by atoms with Gasteiger partial charge in [0.1, 0.15) is 13.2 Å². The van der Waals surface area contributed by atoms with Crippen molar-refractivity contribution in [1.29, 1.82) is 0 Å². The lowest BCUT2D eigenvalue weighted by Crippen LogP contribution is -2.19. The highest BCUT2D eigenvalue weighted by atomic mass is 16.6. The zero-order chi connectivity index (χ0) is 13.1. The predicted molar refractivity (Wildman–Crippen MR) is 70.4 cm³/mol. The summed E-state index contributed by atoms with van der Waals surface area (Å²) in [6, 6.07) is 8.00. The summed E-state index contributed by atoms with van der Waals surface area (Å²) in [4.78, 5) is 0. The first-order chi connectivity index (χ1) is 9.38. The second kappa shape index (κ2) is 5.24. The molecule has 5 nitrogen and oxygen atoms in total. The summed E-state index contributed by atoms with van der Waals surface area (Å²) >= 11 is 0. The summed E-state index contributed by atoms with van der Waals surface area (Å²) in [6.45, 7) is 1.20. The highest BCUT2D eigenvalue weighted by Gasteiger charge is 2.17. The molecule has 2 heterocycles. The second-order valence-electron chi connectivity index (χ2n) is 4.30. The van der Waals surface area contributed by atoms with E-state index in [1.54, 1.807) is 12.4 Å².